The summed E-state index contributed by atoms with van der Waals surface area (Å²) >= 11 is 0. The molecule has 0 heterocycles. The van der Waals surface area contributed by atoms with Crippen LogP contribution in [0.15, 0.2) is 24.3 Å². The largest absolute Gasteiger partial charge is 0.481 e. The Morgan fingerprint density at radius 1 is 1.21 bits per heavy atom. The molecule has 0 aliphatic rings. The number of hydrogen-bond acceptors (Lipinski definition) is 3. The Kier molecular flexibility index (Phi) is 7.42. The summed E-state index contributed by atoms with van der Waals surface area (Å²) in [5.74, 6) is -1.03. The van der Waals surface area contributed by atoms with Gasteiger partial charge >= 0.3 is 5.97 Å². The number of nitrogens with zero attached hydrogens (tertiary/aromatic N) is 1. The fourth-order valence-corrected chi connectivity index (χ4v) is 2.52. The molecule has 0 unspecified atom stereocenters. The van der Waals surface area contributed by atoms with Crippen LogP contribution < -0.4 is 5.32 Å². The Morgan fingerprint density at radius 3 is 2.25 bits per heavy atom. The zero-order chi connectivity index (χ0) is 18.3. The van der Waals surface area contributed by atoms with Crippen LogP contribution in [0, 0.1) is 0 Å². The van der Waals surface area contributed by atoms with Crippen molar-refractivity contribution in [2.24, 2.45) is 0 Å². The molecule has 0 bridgehead atoms. The van der Waals surface area contributed by atoms with Crippen LogP contribution in [0.3, 0.4) is 0 Å². The maximum absolute atomic E-state index is 12.3. The lowest BCUT2D eigenvalue weighted by Crippen LogP contribution is -2.43. The number of carboxylic acids is 1. The number of benzene rings is 1. The average Bonchev–Trinajstić information content (AvgIpc) is 2.50. The van der Waals surface area contributed by atoms with E-state index in [1.807, 2.05) is 38.1 Å². The third-order valence-electron chi connectivity index (χ3n) is 4.15. The van der Waals surface area contributed by atoms with Crippen LogP contribution in [-0.2, 0) is 11.3 Å². The molecule has 0 saturated carbocycles. The highest BCUT2D eigenvalue weighted by molar-refractivity contribution is 5.94. The summed E-state index contributed by atoms with van der Waals surface area (Å²) in [5.41, 5.74) is 1.21. The molecular formula is C19H30N2O3. The highest BCUT2D eigenvalue weighted by Gasteiger charge is 2.22. The van der Waals surface area contributed by atoms with Crippen molar-refractivity contribution < 1.29 is 14.7 Å². The summed E-state index contributed by atoms with van der Waals surface area (Å²) in [6.07, 6.45) is 0.431. The van der Waals surface area contributed by atoms with E-state index >= 15 is 0 Å². The molecule has 0 radical (unpaired) electrons. The zero-order valence-electron chi connectivity index (χ0n) is 15.4. The molecular weight excluding hydrogens is 304 g/mol. The topological polar surface area (TPSA) is 69.6 Å². The molecule has 5 nitrogen and oxygen atoms in total. The van der Waals surface area contributed by atoms with Crippen LogP contribution in [0.4, 0.5) is 0 Å². The van der Waals surface area contributed by atoms with Gasteiger partial charge in [0.15, 0.2) is 0 Å². The van der Waals surface area contributed by atoms with Crippen LogP contribution in [0.25, 0.3) is 0 Å². The highest BCUT2D eigenvalue weighted by atomic mass is 16.4. The van der Waals surface area contributed by atoms with Gasteiger partial charge in [-0.25, -0.2) is 0 Å². The molecule has 0 atom stereocenters. The molecule has 134 valence electrons. The molecule has 2 N–H and O–H groups in total. The lowest BCUT2D eigenvalue weighted by Gasteiger charge is -2.26. The summed E-state index contributed by atoms with van der Waals surface area (Å²) in [6.45, 7) is 12.0. The van der Waals surface area contributed by atoms with Crippen LogP contribution in [0.2, 0.25) is 0 Å². The van der Waals surface area contributed by atoms with E-state index in [4.69, 9.17) is 5.11 Å². The van der Waals surface area contributed by atoms with E-state index in [1.54, 1.807) is 0 Å². The Labute approximate surface area is 145 Å². The van der Waals surface area contributed by atoms with Crippen molar-refractivity contribution in [3.05, 3.63) is 35.4 Å². The predicted octanol–water partition coefficient (Wildman–Crippen LogP) is 3.29. The number of hydrogen-bond donors (Lipinski definition) is 2. The number of rotatable bonds is 9. The molecule has 0 aromatic heterocycles. The zero-order valence-corrected chi connectivity index (χ0v) is 15.4. The molecule has 0 fully saturated rings. The second-order valence-electron chi connectivity index (χ2n) is 7.09. The van der Waals surface area contributed by atoms with Crippen molar-refractivity contribution in [2.75, 3.05) is 6.54 Å². The van der Waals surface area contributed by atoms with Gasteiger partial charge in [0.05, 0.1) is 0 Å². The normalized spacial score (nSPS) is 11.8. The van der Waals surface area contributed by atoms with Gasteiger partial charge in [-0.15, -0.1) is 0 Å². The van der Waals surface area contributed by atoms with Gasteiger partial charge < -0.3 is 10.4 Å². The molecule has 1 aromatic rings. The minimum Gasteiger partial charge on any atom is -0.481 e. The van der Waals surface area contributed by atoms with Gasteiger partial charge in [-0.2, -0.15) is 0 Å². The number of carboxylic acid groups (broad SMARTS) is 1. The van der Waals surface area contributed by atoms with E-state index in [2.05, 4.69) is 31.0 Å². The minimum absolute atomic E-state index is 0.0360. The van der Waals surface area contributed by atoms with E-state index in [0.29, 0.717) is 18.0 Å². The maximum atomic E-state index is 12.3. The Bertz CT molecular complexity index is 550. The number of carbonyl (C=O) groups is 2. The van der Waals surface area contributed by atoms with E-state index in [9.17, 15) is 9.59 Å². The summed E-state index contributed by atoms with van der Waals surface area (Å²) in [7, 11) is 0. The first-order valence-electron chi connectivity index (χ1n) is 8.52. The highest BCUT2D eigenvalue weighted by Crippen LogP contribution is 2.14. The van der Waals surface area contributed by atoms with Crippen molar-refractivity contribution in [1.82, 2.24) is 10.2 Å². The van der Waals surface area contributed by atoms with Gasteiger partial charge in [-0.3, -0.25) is 14.5 Å². The molecule has 0 spiro atoms. The van der Waals surface area contributed by atoms with E-state index in [1.165, 1.54) is 5.56 Å². The third kappa shape index (κ3) is 6.71. The Morgan fingerprint density at radius 2 is 1.79 bits per heavy atom. The van der Waals surface area contributed by atoms with Gasteiger partial charge in [-0.1, -0.05) is 19.1 Å². The van der Waals surface area contributed by atoms with Crippen LogP contribution in [0.1, 0.15) is 63.4 Å². The first-order chi connectivity index (χ1) is 11.1. The second-order valence-corrected chi connectivity index (χ2v) is 7.09. The van der Waals surface area contributed by atoms with Crippen molar-refractivity contribution in [2.45, 2.75) is 65.6 Å². The van der Waals surface area contributed by atoms with Crippen molar-refractivity contribution in [3.63, 3.8) is 0 Å². The summed E-state index contributed by atoms with van der Waals surface area (Å²) in [4.78, 5) is 25.4. The first-order valence-corrected chi connectivity index (χ1v) is 8.52. The van der Waals surface area contributed by atoms with Gasteiger partial charge in [0.2, 0.25) is 0 Å². The molecule has 24 heavy (non-hydrogen) atoms. The van der Waals surface area contributed by atoms with Crippen molar-refractivity contribution in [1.29, 1.82) is 0 Å². The quantitative estimate of drug-likeness (QED) is 0.727. The maximum Gasteiger partial charge on any atom is 0.303 e. The SMILES string of the molecule is CCN(Cc1ccc(C(=O)NC(C)(C)CCC(=O)O)cc1)C(C)C. The fraction of sp³-hybridized carbons (Fsp3) is 0.579. The number of nitrogens with one attached hydrogen (secondary N) is 1. The molecule has 0 saturated heterocycles. The lowest BCUT2D eigenvalue weighted by molar-refractivity contribution is -0.137. The summed E-state index contributed by atoms with van der Waals surface area (Å²) in [5, 5.41) is 11.7. The predicted molar refractivity (Wildman–Crippen MR) is 96.1 cm³/mol. The van der Waals surface area contributed by atoms with Crippen LogP contribution in [-0.4, -0.2) is 40.0 Å². The Balaban J connectivity index is 2.68. The Hall–Kier alpha value is -1.88. The van der Waals surface area contributed by atoms with E-state index < -0.39 is 11.5 Å². The average molecular weight is 334 g/mol. The fourth-order valence-electron chi connectivity index (χ4n) is 2.52. The minimum atomic E-state index is -0.854. The standard InChI is InChI=1S/C19H30N2O3/c1-6-21(14(2)3)13-15-7-9-16(10-8-15)18(24)20-19(4,5)12-11-17(22)23/h7-10,14H,6,11-13H2,1-5H3,(H,20,24)(H,22,23). The number of carbonyl (C=O) groups excluding carboxylic acids is 1. The van der Waals surface area contributed by atoms with Crippen LogP contribution in [0.5, 0.6) is 0 Å². The summed E-state index contributed by atoms with van der Waals surface area (Å²) in [6, 6.07) is 8.08. The molecule has 0 aliphatic carbocycles. The molecule has 1 amide bonds. The first kappa shape index (κ1) is 20.2. The molecule has 1 aromatic carbocycles. The van der Waals surface area contributed by atoms with Crippen molar-refractivity contribution in [3.8, 4) is 0 Å². The smallest absolute Gasteiger partial charge is 0.303 e. The van der Waals surface area contributed by atoms with E-state index in [0.717, 1.165) is 13.1 Å². The molecule has 5 heteroatoms. The monoisotopic (exact) mass is 334 g/mol. The van der Waals surface area contributed by atoms with Gasteiger partial charge in [0.25, 0.3) is 5.91 Å². The number of aliphatic carboxylic acids is 1. The van der Waals surface area contributed by atoms with Crippen LogP contribution >= 0.6 is 0 Å². The third-order valence-corrected chi connectivity index (χ3v) is 4.15. The van der Waals surface area contributed by atoms with Crippen molar-refractivity contribution >= 4 is 11.9 Å². The summed E-state index contributed by atoms with van der Waals surface area (Å²) < 4.78 is 0. The lowest BCUT2D eigenvalue weighted by atomic mass is 9.97. The van der Waals surface area contributed by atoms with Gasteiger partial charge in [-0.05, 0) is 58.4 Å². The number of amides is 1. The van der Waals surface area contributed by atoms with Gasteiger partial charge in [0, 0.05) is 30.1 Å². The molecule has 1 rings (SSSR count). The van der Waals surface area contributed by atoms with Gasteiger partial charge in [0.1, 0.15) is 0 Å². The molecule has 0 aliphatic heterocycles. The second kappa shape index (κ2) is 8.83. The van der Waals surface area contributed by atoms with E-state index in [-0.39, 0.29) is 12.3 Å².